The molecular formula is C15H19F2N3O. The van der Waals surface area contributed by atoms with Gasteiger partial charge in [-0.25, -0.2) is 8.78 Å². The first-order valence-electron chi connectivity index (χ1n) is 7.28. The largest absolute Gasteiger partial charge is 0.351 e. The van der Waals surface area contributed by atoms with E-state index in [1.807, 2.05) is 0 Å². The highest BCUT2D eigenvalue weighted by molar-refractivity contribution is 5.77. The fraction of sp³-hybridized carbons (Fsp3) is 0.533. The number of nitrogens with one attached hydrogen (secondary N) is 2. The van der Waals surface area contributed by atoms with Crippen LogP contribution in [0.2, 0.25) is 0 Å². The van der Waals surface area contributed by atoms with Crippen LogP contribution in [0.25, 0.3) is 0 Å². The van der Waals surface area contributed by atoms with E-state index in [9.17, 15) is 13.6 Å². The van der Waals surface area contributed by atoms with Gasteiger partial charge < -0.3 is 16.4 Å². The zero-order chi connectivity index (χ0) is 15.0. The summed E-state index contributed by atoms with van der Waals surface area (Å²) in [7, 11) is 0. The number of aryl methyl sites for hydroxylation is 1. The van der Waals surface area contributed by atoms with Crippen LogP contribution in [0.5, 0.6) is 0 Å². The van der Waals surface area contributed by atoms with E-state index in [1.165, 1.54) is 12.1 Å². The Morgan fingerprint density at radius 3 is 2.76 bits per heavy atom. The number of nitrogens with two attached hydrogens (primary N) is 1. The van der Waals surface area contributed by atoms with Crippen molar-refractivity contribution in [2.45, 2.75) is 37.3 Å². The molecule has 1 heterocycles. The minimum absolute atomic E-state index is 0.0787. The summed E-state index contributed by atoms with van der Waals surface area (Å²) in [6.45, 7) is 1.58. The fourth-order valence-corrected chi connectivity index (χ4v) is 3.11. The summed E-state index contributed by atoms with van der Waals surface area (Å²) in [5.41, 5.74) is 7.68. The van der Waals surface area contributed by atoms with Crippen molar-refractivity contribution in [1.29, 1.82) is 0 Å². The number of rotatable bonds is 4. The molecule has 1 aromatic carbocycles. The first-order valence-corrected chi connectivity index (χ1v) is 7.28. The molecule has 21 heavy (non-hydrogen) atoms. The van der Waals surface area contributed by atoms with Crippen LogP contribution in [-0.4, -0.2) is 31.1 Å². The molecule has 1 aromatic rings. The summed E-state index contributed by atoms with van der Waals surface area (Å²) in [5, 5.41) is 5.98. The standard InChI is InChI=1S/C15H19F2N3O/c16-12-3-8-1-2-10(11(8)4-13(12)17)14(18)5-15(21)20-9-6-19-7-9/h3-4,9-10,14,19H,1-2,5-7,18H2,(H,20,21)/t10-,14-/m0/s1. The zero-order valence-corrected chi connectivity index (χ0v) is 11.7. The average molecular weight is 295 g/mol. The van der Waals surface area contributed by atoms with E-state index < -0.39 is 11.6 Å². The Bertz CT molecular complexity index is 560. The molecule has 0 spiro atoms. The second-order valence-corrected chi connectivity index (χ2v) is 5.90. The van der Waals surface area contributed by atoms with Crippen molar-refractivity contribution in [3.05, 3.63) is 34.9 Å². The number of amides is 1. The molecule has 0 aromatic heterocycles. The molecule has 4 nitrogen and oxygen atoms in total. The van der Waals surface area contributed by atoms with Crippen molar-refractivity contribution in [2.24, 2.45) is 5.73 Å². The van der Waals surface area contributed by atoms with Crippen LogP contribution in [0, 0.1) is 11.6 Å². The Hall–Kier alpha value is -1.53. The highest BCUT2D eigenvalue weighted by atomic mass is 19.2. The molecule has 1 aliphatic heterocycles. The molecule has 1 saturated heterocycles. The summed E-state index contributed by atoms with van der Waals surface area (Å²) < 4.78 is 26.6. The summed E-state index contributed by atoms with van der Waals surface area (Å²) in [5.74, 6) is -1.83. The van der Waals surface area contributed by atoms with Gasteiger partial charge in [0.2, 0.25) is 5.91 Å². The molecule has 2 atom stereocenters. The van der Waals surface area contributed by atoms with E-state index in [0.29, 0.717) is 6.42 Å². The molecule has 0 radical (unpaired) electrons. The molecule has 3 rings (SSSR count). The molecule has 1 amide bonds. The summed E-state index contributed by atoms with van der Waals surface area (Å²) in [6.07, 6.45) is 1.62. The molecule has 1 aliphatic carbocycles. The molecule has 0 bridgehead atoms. The van der Waals surface area contributed by atoms with Gasteiger partial charge in [0.1, 0.15) is 0 Å². The Balaban J connectivity index is 1.65. The van der Waals surface area contributed by atoms with Crippen molar-refractivity contribution in [1.82, 2.24) is 10.6 Å². The minimum Gasteiger partial charge on any atom is -0.351 e. The van der Waals surface area contributed by atoms with Crippen LogP contribution in [0.4, 0.5) is 8.78 Å². The fourth-order valence-electron chi connectivity index (χ4n) is 3.11. The molecule has 1 fully saturated rings. The second kappa shape index (κ2) is 5.69. The quantitative estimate of drug-likeness (QED) is 0.770. The van der Waals surface area contributed by atoms with Crippen molar-refractivity contribution < 1.29 is 13.6 Å². The first kappa shape index (κ1) is 14.4. The monoisotopic (exact) mass is 295 g/mol. The average Bonchev–Trinajstić information content (AvgIpc) is 2.77. The second-order valence-electron chi connectivity index (χ2n) is 5.90. The molecule has 0 unspecified atom stereocenters. The molecule has 0 saturated carbocycles. The highest BCUT2D eigenvalue weighted by Gasteiger charge is 2.31. The number of hydrogen-bond acceptors (Lipinski definition) is 3. The number of benzene rings is 1. The Labute approximate surface area is 122 Å². The normalized spacial score (nSPS) is 22.5. The third kappa shape index (κ3) is 2.91. The van der Waals surface area contributed by atoms with Gasteiger partial charge in [-0.05, 0) is 36.1 Å². The number of carbonyl (C=O) groups is 1. The lowest BCUT2D eigenvalue weighted by atomic mass is 9.91. The van der Waals surface area contributed by atoms with Crippen LogP contribution in [0.3, 0.4) is 0 Å². The van der Waals surface area contributed by atoms with Crippen molar-refractivity contribution in [3.8, 4) is 0 Å². The lowest BCUT2D eigenvalue weighted by Gasteiger charge is -2.29. The highest BCUT2D eigenvalue weighted by Crippen LogP contribution is 2.36. The summed E-state index contributed by atoms with van der Waals surface area (Å²) in [6, 6.07) is 2.30. The van der Waals surface area contributed by atoms with Crippen LogP contribution in [-0.2, 0) is 11.2 Å². The Morgan fingerprint density at radius 2 is 2.10 bits per heavy atom. The maximum Gasteiger partial charge on any atom is 0.221 e. The first-order chi connectivity index (χ1) is 10.0. The number of fused-ring (bicyclic) bond motifs is 1. The summed E-state index contributed by atoms with van der Waals surface area (Å²) in [4.78, 5) is 11.9. The molecule has 2 aliphatic rings. The van der Waals surface area contributed by atoms with Gasteiger partial charge >= 0.3 is 0 Å². The predicted molar refractivity (Wildman–Crippen MR) is 74.8 cm³/mol. The number of hydrogen-bond donors (Lipinski definition) is 3. The van der Waals surface area contributed by atoms with Crippen molar-refractivity contribution in [2.75, 3.05) is 13.1 Å². The Kier molecular flexibility index (Phi) is 3.91. The van der Waals surface area contributed by atoms with Crippen LogP contribution in [0.15, 0.2) is 12.1 Å². The van der Waals surface area contributed by atoms with E-state index in [2.05, 4.69) is 10.6 Å². The van der Waals surface area contributed by atoms with Crippen molar-refractivity contribution >= 4 is 5.91 Å². The number of halogens is 2. The van der Waals surface area contributed by atoms with Gasteiger partial charge in [0, 0.05) is 31.5 Å². The van der Waals surface area contributed by atoms with Gasteiger partial charge in [0.15, 0.2) is 11.6 Å². The third-order valence-corrected chi connectivity index (χ3v) is 4.39. The lowest BCUT2D eigenvalue weighted by molar-refractivity contribution is -0.122. The minimum atomic E-state index is -0.849. The van der Waals surface area contributed by atoms with E-state index in [0.717, 1.165) is 30.6 Å². The number of carbonyl (C=O) groups excluding carboxylic acids is 1. The van der Waals surface area contributed by atoms with E-state index in [1.54, 1.807) is 0 Å². The zero-order valence-electron chi connectivity index (χ0n) is 11.7. The van der Waals surface area contributed by atoms with E-state index >= 15 is 0 Å². The maximum atomic E-state index is 13.4. The molecular weight excluding hydrogens is 276 g/mol. The molecule has 4 N–H and O–H groups in total. The van der Waals surface area contributed by atoms with Gasteiger partial charge in [-0.15, -0.1) is 0 Å². The lowest BCUT2D eigenvalue weighted by Crippen LogP contribution is -2.57. The third-order valence-electron chi connectivity index (χ3n) is 4.39. The van der Waals surface area contributed by atoms with Gasteiger partial charge in [-0.1, -0.05) is 0 Å². The van der Waals surface area contributed by atoms with Gasteiger partial charge in [-0.2, -0.15) is 0 Å². The smallest absolute Gasteiger partial charge is 0.221 e. The van der Waals surface area contributed by atoms with E-state index in [4.69, 9.17) is 5.73 Å². The van der Waals surface area contributed by atoms with Gasteiger partial charge in [-0.3, -0.25) is 4.79 Å². The van der Waals surface area contributed by atoms with Crippen LogP contribution in [0.1, 0.15) is 29.9 Å². The summed E-state index contributed by atoms with van der Waals surface area (Å²) >= 11 is 0. The van der Waals surface area contributed by atoms with Crippen LogP contribution >= 0.6 is 0 Å². The SMILES string of the molecule is N[C@@H](CC(=O)NC1CNC1)[C@H]1CCc2cc(F)c(F)cc21. The van der Waals surface area contributed by atoms with Gasteiger partial charge in [0.05, 0.1) is 6.04 Å². The topological polar surface area (TPSA) is 67.2 Å². The van der Waals surface area contributed by atoms with E-state index in [-0.39, 0.29) is 30.3 Å². The predicted octanol–water partition coefficient (Wildman–Crippen LogP) is 0.800. The molecule has 114 valence electrons. The maximum absolute atomic E-state index is 13.4. The Morgan fingerprint density at radius 1 is 1.38 bits per heavy atom. The van der Waals surface area contributed by atoms with Crippen LogP contribution < -0.4 is 16.4 Å². The van der Waals surface area contributed by atoms with Crippen molar-refractivity contribution in [3.63, 3.8) is 0 Å². The van der Waals surface area contributed by atoms with Gasteiger partial charge in [0.25, 0.3) is 0 Å². The molecule has 6 heteroatoms.